The molecule has 0 aliphatic carbocycles. The average molecular weight is 257 g/mol. The van der Waals surface area contributed by atoms with Gasteiger partial charge in [0.05, 0.1) is 16.9 Å². The van der Waals surface area contributed by atoms with Gasteiger partial charge in [-0.25, -0.2) is 4.79 Å². The second-order valence-corrected chi connectivity index (χ2v) is 4.32. The standard InChI is InChI=1S/C14H15N3O2/c1-8-3-6-13(9(2)16-8)17-10-4-5-11(14(18)19)12(15)7-10/h3-7,17H,15H2,1-2H3,(H,18,19). The summed E-state index contributed by atoms with van der Waals surface area (Å²) in [6.07, 6.45) is 0. The highest BCUT2D eigenvalue weighted by atomic mass is 16.4. The van der Waals surface area contributed by atoms with Crippen LogP contribution in [0.1, 0.15) is 21.7 Å². The second kappa shape index (κ2) is 4.97. The molecule has 0 unspecified atom stereocenters. The highest BCUT2D eigenvalue weighted by Gasteiger charge is 2.08. The van der Waals surface area contributed by atoms with E-state index in [0.29, 0.717) is 0 Å². The molecule has 2 rings (SSSR count). The van der Waals surface area contributed by atoms with Crippen molar-refractivity contribution in [2.75, 3.05) is 11.1 Å². The van der Waals surface area contributed by atoms with Gasteiger partial charge in [-0.3, -0.25) is 4.98 Å². The van der Waals surface area contributed by atoms with Gasteiger partial charge in [-0.1, -0.05) is 0 Å². The van der Waals surface area contributed by atoms with E-state index in [0.717, 1.165) is 22.8 Å². The van der Waals surface area contributed by atoms with E-state index in [2.05, 4.69) is 10.3 Å². The maximum atomic E-state index is 10.9. The minimum absolute atomic E-state index is 0.101. The number of nitrogens with two attached hydrogens (primary N) is 1. The third-order valence-corrected chi connectivity index (χ3v) is 2.79. The first kappa shape index (κ1) is 12.9. The molecule has 1 aromatic carbocycles. The van der Waals surface area contributed by atoms with Gasteiger partial charge in [-0.05, 0) is 44.2 Å². The van der Waals surface area contributed by atoms with E-state index in [1.54, 1.807) is 12.1 Å². The van der Waals surface area contributed by atoms with Crippen molar-refractivity contribution in [2.24, 2.45) is 0 Å². The monoisotopic (exact) mass is 257 g/mol. The van der Waals surface area contributed by atoms with Crippen molar-refractivity contribution in [3.05, 3.63) is 47.3 Å². The molecule has 1 aromatic heterocycles. The number of carboxylic acid groups (broad SMARTS) is 1. The number of benzene rings is 1. The number of aromatic carboxylic acids is 1. The molecule has 5 heteroatoms. The molecule has 0 spiro atoms. The van der Waals surface area contributed by atoms with E-state index in [9.17, 15) is 4.79 Å². The van der Waals surface area contributed by atoms with Crippen LogP contribution in [0, 0.1) is 13.8 Å². The highest BCUT2D eigenvalue weighted by Crippen LogP contribution is 2.23. The Bertz CT molecular complexity index is 639. The van der Waals surface area contributed by atoms with Crippen LogP contribution >= 0.6 is 0 Å². The molecule has 0 saturated carbocycles. The Morgan fingerprint density at radius 2 is 2.00 bits per heavy atom. The van der Waals surface area contributed by atoms with Crippen LogP contribution in [0.5, 0.6) is 0 Å². The van der Waals surface area contributed by atoms with Gasteiger partial charge in [0, 0.05) is 17.1 Å². The molecule has 98 valence electrons. The van der Waals surface area contributed by atoms with Gasteiger partial charge in [0.1, 0.15) is 0 Å². The Morgan fingerprint density at radius 3 is 2.58 bits per heavy atom. The Kier molecular flexibility index (Phi) is 3.37. The Hall–Kier alpha value is -2.56. The van der Waals surface area contributed by atoms with Gasteiger partial charge in [-0.2, -0.15) is 0 Å². The summed E-state index contributed by atoms with van der Waals surface area (Å²) in [5, 5.41) is 12.1. The lowest BCUT2D eigenvalue weighted by Gasteiger charge is -2.11. The van der Waals surface area contributed by atoms with Gasteiger partial charge < -0.3 is 16.2 Å². The minimum atomic E-state index is -1.03. The molecule has 0 aliphatic rings. The first-order valence-corrected chi connectivity index (χ1v) is 5.81. The Labute approximate surface area is 111 Å². The van der Waals surface area contributed by atoms with Crippen LogP contribution in [0.2, 0.25) is 0 Å². The quantitative estimate of drug-likeness (QED) is 0.736. The van der Waals surface area contributed by atoms with Crippen molar-refractivity contribution in [3.63, 3.8) is 0 Å². The molecule has 1 heterocycles. The van der Waals surface area contributed by atoms with Crippen molar-refractivity contribution in [2.45, 2.75) is 13.8 Å². The number of aromatic nitrogens is 1. The number of aryl methyl sites for hydroxylation is 2. The zero-order chi connectivity index (χ0) is 14.0. The lowest BCUT2D eigenvalue weighted by Crippen LogP contribution is -2.03. The van der Waals surface area contributed by atoms with Gasteiger partial charge in [0.25, 0.3) is 0 Å². The molecule has 4 N–H and O–H groups in total. The molecule has 0 bridgehead atoms. The maximum Gasteiger partial charge on any atom is 0.337 e. The Balaban J connectivity index is 2.29. The largest absolute Gasteiger partial charge is 0.478 e. The lowest BCUT2D eigenvalue weighted by atomic mass is 10.1. The second-order valence-electron chi connectivity index (χ2n) is 4.32. The Morgan fingerprint density at radius 1 is 1.26 bits per heavy atom. The van der Waals surface area contributed by atoms with E-state index in [4.69, 9.17) is 10.8 Å². The fourth-order valence-electron chi connectivity index (χ4n) is 1.81. The number of pyridine rings is 1. The van der Waals surface area contributed by atoms with Crippen LogP contribution in [0.15, 0.2) is 30.3 Å². The molecule has 0 amide bonds. The van der Waals surface area contributed by atoms with Crippen molar-refractivity contribution >= 4 is 23.0 Å². The number of hydrogen-bond acceptors (Lipinski definition) is 4. The minimum Gasteiger partial charge on any atom is -0.478 e. The maximum absolute atomic E-state index is 10.9. The molecule has 2 aromatic rings. The molecule has 0 atom stereocenters. The number of nitrogens with one attached hydrogen (secondary N) is 1. The van der Waals surface area contributed by atoms with Crippen molar-refractivity contribution in [1.29, 1.82) is 0 Å². The third kappa shape index (κ3) is 2.82. The summed E-state index contributed by atoms with van der Waals surface area (Å²) in [5.74, 6) is -1.03. The smallest absolute Gasteiger partial charge is 0.337 e. The molecule has 5 nitrogen and oxygen atoms in total. The number of carbonyl (C=O) groups is 1. The molecular formula is C14H15N3O2. The van der Waals surface area contributed by atoms with Crippen molar-refractivity contribution < 1.29 is 9.90 Å². The predicted molar refractivity (Wildman–Crippen MR) is 74.8 cm³/mol. The van der Waals surface area contributed by atoms with E-state index >= 15 is 0 Å². The van der Waals surface area contributed by atoms with E-state index < -0.39 is 5.97 Å². The van der Waals surface area contributed by atoms with Crippen LogP contribution in [-0.2, 0) is 0 Å². The lowest BCUT2D eigenvalue weighted by molar-refractivity contribution is 0.0698. The van der Waals surface area contributed by atoms with Crippen LogP contribution in [-0.4, -0.2) is 16.1 Å². The zero-order valence-electron chi connectivity index (χ0n) is 10.8. The summed E-state index contributed by atoms with van der Waals surface area (Å²) in [6.45, 7) is 3.83. The van der Waals surface area contributed by atoms with E-state index in [1.807, 2.05) is 26.0 Å². The SMILES string of the molecule is Cc1ccc(Nc2ccc(C(=O)O)c(N)c2)c(C)n1. The third-order valence-electron chi connectivity index (χ3n) is 2.79. The summed E-state index contributed by atoms with van der Waals surface area (Å²) in [7, 11) is 0. The summed E-state index contributed by atoms with van der Waals surface area (Å²) in [4.78, 5) is 15.2. The zero-order valence-corrected chi connectivity index (χ0v) is 10.8. The van der Waals surface area contributed by atoms with E-state index in [1.165, 1.54) is 6.07 Å². The summed E-state index contributed by atoms with van der Waals surface area (Å²) < 4.78 is 0. The van der Waals surface area contributed by atoms with Gasteiger partial charge >= 0.3 is 5.97 Å². The molecule has 0 saturated heterocycles. The highest BCUT2D eigenvalue weighted by molar-refractivity contribution is 5.94. The van der Waals surface area contributed by atoms with Crippen LogP contribution in [0.25, 0.3) is 0 Å². The van der Waals surface area contributed by atoms with Gasteiger partial charge in [-0.15, -0.1) is 0 Å². The number of hydrogen-bond donors (Lipinski definition) is 3. The van der Waals surface area contributed by atoms with Crippen LogP contribution in [0.4, 0.5) is 17.1 Å². The summed E-state index contributed by atoms with van der Waals surface area (Å²) in [5.41, 5.74) is 9.46. The van der Waals surface area contributed by atoms with Crippen LogP contribution < -0.4 is 11.1 Å². The number of nitrogens with zero attached hydrogens (tertiary/aromatic N) is 1. The topological polar surface area (TPSA) is 88.2 Å². The summed E-state index contributed by atoms with van der Waals surface area (Å²) in [6, 6.07) is 8.60. The fourth-order valence-corrected chi connectivity index (χ4v) is 1.81. The number of carboxylic acids is 1. The number of anilines is 3. The normalized spacial score (nSPS) is 10.2. The first-order chi connectivity index (χ1) is 8.97. The van der Waals surface area contributed by atoms with Gasteiger partial charge in [0.15, 0.2) is 0 Å². The van der Waals surface area contributed by atoms with E-state index in [-0.39, 0.29) is 11.3 Å². The molecule has 0 fully saturated rings. The van der Waals surface area contributed by atoms with Crippen LogP contribution in [0.3, 0.4) is 0 Å². The van der Waals surface area contributed by atoms with Gasteiger partial charge in [0.2, 0.25) is 0 Å². The predicted octanol–water partition coefficient (Wildman–Crippen LogP) is 2.72. The number of rotatable bonds is 3. The molecule has 0 aliphatic heterocycles. The first-order valence-electron chi connectivity index (χ1n) is 5.81. The molecule has 19 heavy (non-hydrogen) atoms. The van der Waals surface area contributed by atoms with Crippen molar-refractivity contribution in [3.8, 4) is 0 Å². The average Bonchev–Trinajstić information content (AvgIpc) is 2.32. The molecular weight excluding hydrogens is 242 g/mol. The fraction of sp³-hybridized carbons (Fsp3) is 0.143. The molecule has 0 radical (unpaired) electrons. The number of nitrogen functional groups attached to an aromatic ring is 1. The summed E-state index contributed by atoms with van der Waals surface area (Å²) >= 11 is 0. The van der Waals surface area contributed by atoms with Crippen molar-refractivity contribution in [1.82, 2.24) is 4.98 Å².